The lowest BCUT2D eigenvalue weighted by atomic mass is 10.1. The lowest BCUT2D eigenvalue weighted by Gasteiger charge is -2.35. The van der Waals surface area contributed by atoms with E-state index in [1.54, 1.807) is 0 Å². The van der Waals surface area contributed by atoms with Gasteiger partial charge in [0.15, 0.2) is 0 Å². The van der Waals surface area contributed by atoms with E-state index in [0.717, 1.165) is 49.5 Å². The first-order chi connectivity index (χ1) is 12.1. The third-order valence-electron chi connectivity index (χ3n) is 4.92. The largest absolute Gasteiger partial charge is 0.369 e. The molecular weight excluding hydrogens is 310 g/mol. The molecule has 0 aliphatic carbocycles. The van der Waals surface area contributed by atoms with Gasteiger partial charge in [0, 0.05) is 43.1 Å². The van der Waals surface area contributed by atoms with Gasteiger partial charge in [-0.05, 0) is 56.3 Å². The zero-order chi connectivity index (χ0) is 17.8. The number of benzene rings is 2. The second kappa shape index (κ2) is 7.70. The number of nitrogens with one attached hydrogen (secondary N) is 1. The van der Waals surface area contributed by atoms with Crippen LogP contribution < -0.4 is 10.2 Å². The highest BCUT2D eigenvalue weighted by molar-refractivity contribution is 6.04. The van der Waals surface area contributed by atoms with Gasteiger partial charge < -0.3 is 15.1 Å². The average Bonchev–Trinajstić information content (AvgIpc) is 2.63. The molecule has 1 fully saturated rings. The van der Waals surface area contributed by atoms with E-state index in [0.29, 0.717) is 5.56 Å². The van der Waals surface area contributed by atoms with Crippen molar-refractivity contribution in [1.82, 2.24) is 4.90 Å². The van der Waals surface area contributed by atoms with E-state index < -0.39 is 0 Å². The minimum absolute atomic E-state index is 0.0592. The molecule has 0 saturated carbocycles. The van der Waals surface area contributed by atoms with Gasteiger partial charge in [0.05, 0.1) is 0 Å². The van der Waals surface area contributed by atoms with Crippen molar-refractivity contribution in [3.63, 3.8) is 0 Å². The molecule has 0 unspecified atom stereocenters. The molecule has 0 radical (unpaired) electrons. The monoisotopic (exact) mass is 337 g/mol. The number of amides is 1. The van der Waals surface area contributed by atoms with Crippen LogP contribution in [0.2, 0.25) is 0 Å². The number of aryl methyl sites for hydroxylation is 2. The number of hydrogen-bond acceptors (Lipinski definition) is 3. The van der Waals surface area contributed by atoms with Gasteiger partial charge in [0.1, 0.15) is 0 Å². The van der Waals surface area contributed by atoms with E-state index in [2.05, 4.69) is 41.1 Å². The zero-order valence-corrected chi connectivity index (χ0v) is 15.4. The van der Waals surface area contributed by atoms with Crippen molar-refractivity contribution in [3.8, 4) is 0 Å². The number of carbonyl (C=O) groups excluding carboxylic acids is 1. The molecule has 0 aromatic heterocycles. The van der Waals surface area contributed by atoms with Crippen LogP contribution in [0.4, 0.5) is 11.4 Å². The van der Waals surface area contributed by atoms with Crippen LogP contribution in [-0.4, -0.2) is 43.5 Å². The predicted octanol–water partition coefficient (Wildman–Crippen LogP) is 3.70. The average molecular weight is 337 g/mol. The first-order valence-corrected chi connectivity index (χ1v) is 9.03. The molecule has 0 bridgehead atoms. The fraction of sp³-hybridized carbons (Fsp3) is 0.381. The number of likely N-dealkylation sites (N-methyl/N-ethyl adjacent to an activating group) is 1. The molecule has 1 heterocycles. The summed E-state index contributed by atoms with van der Waals surface area (Å²) in [7, 11) is 0. The molecule has 1 amide bonds. The summed E-state index contributed by atoms with van der Waals surface area (Å²) in [6.45, 7) is 11.7. The van der Waals surface area contributed by atoms with Crippen LogP contribution >= 0.6 is 0 Å². The molecule has 0 atom stereocenters. The van der Waals surface area contributed by atoms with Crippen LogP contribution in [0.3, 0.4) is 0 Å². The smallest absolute Gasteiger partial charge is 0.255 e. The third-order valence-corrected chi connectivity index (χ3v) is 4.92. The van der Waals surface area contributed by atoms with E-state index in [-0.39, 0.29) is 5.91 Å². The van der Waals surface area contributed by atoms with Crippen LogP contribution in [-0.2, 0) is 0 Å². The standard InChI is InChI=1S/C21H27N3O/c1-4-23-10-12-24(13-11-23)19-8-9-20(17(3)15-19)22-21(25)18-7-5-6-16(2)14-18/h5-9,14-15H,4,10-13H2,1-3H3,(H,22,25). The Labute approximate surface area is 150 Å². The highest BCUT2D eigenvalue weighted by Crippen LogP contribution is 2.24. The van der Waals surface area contributed by atoms with Gasteiger partial charge in [-0.25, -0.2) is 0 Å². The number of anilines is 2. The van der Waals surface area contributed by atoms with Gasteiger partial charge in [-0.1, -0.05) is 24.6 Å². The number of hydrogen-bond donors (Lipinski definition) is 1. The molecule has 3 rings (SSSR count). The van der Waals surface area contributed by atoms with Crippen LogP contribution in [0.1, 0.15) is 28.4 Å². The van der Waals surface area contributed by atoms with Crippen molar-refractivity contribution in [2.45, 2.75) is 20.8 Å². The Bertz CT molecular complexity index is 749. The molecule has 1 aliphatic heterocycles. The molecule has 0 spiro atoms. The van der Waals surface area contributed by atoms with Crippen molar-refractivity contribution in [3.05, 3.63) is 59.2 Å². The fourth-order valence-corrected chi connectivity index (χ4v) is 3.29. The Morgan fingerprint density at radius 3 is 2.44 bits per heavy atom. The highest BCUT2D eigenvalue weighted by Gasteiger charge is 2.16. The second-order valence-electron chi connectivity index (χ2n) is 6.74. The molecule has 132 valence electrons. The SMILES string of the molecule is CCN1CCN(c2ccc(NC(=O)c3cccc(C)c3)c(C)c2)CC1. The lowest BCUT2D eigenvalue weighted by Crippen LogP contribution is -2.46. The van der Waals surface area contributed by atoms with Crippen LogP contribution in [0.15, 0.2) is 42.5 Å². The minimum Gasteiger partial charge on any atom is -0.369 e. The first-order valence-electron chi connectivity index (χ1n) is 9.03. The number of nitrogens with zero attached hydrogens (tertiary/aromatic N) is 2. The van der Waals surface area contributed by atoms with Gasteiger partial charge in [0.2, 0.25) is 0 Å². The summed E-state index contributed by atoms with van der Waals surface area (Å²) >= 11 is 0. The molecule has 2 aromatic rings. The Balaban J connectivity index is 1.69. The molecule has 2 aromatic carbocycles. The van der Waals surface area contributed by atoms with Crippen LogP contribution in [0, 0.1) is 13.8 Å². The number of piperazine rings is 1. The summed E-state index contributed by atoms with van der Waals surface area (Å²) < 4.78 is 0. The van der Waals surface area contributed by atoms with Crippen molar-refractivity contribution in [1.29, 1.82) is 0 Å². The Kier molecular flexibility index (Phi) is 5.39. The summed E-state index contributed by atoms with van der Waals surface area (Å²) in [5.41, 5.74) is 4.99. The molecule has 1 aliphatic rings. The molecule has 25 heavy (non-hydrogen) atoms. The first kappa shape index (κ1) is 17.5. The van der Waals surface area contributed by atoms with Crippen LogP contribution in [0.5, 0.6) is 0 Å². The third kappa shape index (κ3) is 4.20. The molecule has 4 nitrogen and oxygen atoms in total. The molecule has 1 saturated heterocycles. The van der Waals surface area contributed by atoms with E-state index in [4.69, 9.17) is 0 Å². The van der Waals surface area contributed by atoms with Gasteiger partial charge in [-0.2, -0.15) is 0 Å². The molecule has 1 N–H and O–H groups in total. The van der Waals surface area contributed by atoms with Crippen molar-refractivity contribution in [2.75, 3.05) is 42.9 Å². The highest BCUT2D eigenvalue weighted by atomic mass is 16.1. The van der Waals surface area contributed by atoms with Gasteiger partial charge >= 0.3 is 0 Å². The summed E-state index contributed by atoms with van der Waals surface area (Å²) in [5.74, 6) is -0.0592. The van der Waals surface area contributed by atoms with E-state index in [1.807, 2.05) is 37.3 Å². The molecule has 4 heteroatoms. The van der Waals surface area contributed by atoms with Gasteiger partial charge in [0.25, 0.3) is 5.91 Å². The van der Waals surface area contributed by atoms with Crippen molar-refractivity contribution < 1.29 is 4.79 Å². The Morgan fingerprint density at radius 1 is 1.04 bits per heavy atom. The summed E-state index contributed by atoms with van der Waals surface area (Å²) in [6, 6.07) is 14.0. The number of rotatable bonds is 4. The van der Waals surface area contributed by atoms with E-state index >= 15 is 0 Å². The van der Waals surface area contributed by atoms with Crippen molar-refractivity contribution >= 4 is 17.3 Å². The lowest BCUT2D eigenvalue weighted by molar-refractivity contribution is 0.102. The second-order valence-corrected chi connectivity index (χ2v) is 6.74. The minimum atomic E-state index is -0.0592. The Morgan fingerprint density at radius 2 is 1.80 bits per heavy atom. The summed E-state index contributed by atoms with van der Waals surface area (Å²) in [5, 5.41) is 3.03. The Hall–Kier alpha value is -2.33. The summed E-state index contributed by atoms with van der Waals surface area (Å²) in [4.78, 5) is 17.3. The number of carbonyl (C=O) groups is 1. The quantitative estimate of drug-likeness (QED) is 0.924. The maximum Gasteiger partial charge on any atom is 0.255 e. The van der Waals surface area contributed by atoms with E-state index in [1.165, 1.54) is 5.69 Å². The molecular formula is C21H27N3O. The maximum absolute atomic E-state index is 12.4. The zero-order valence-electron chi connectivity index (χ0n) is 15.4. The normalized spacial score (nSPS) is 15.2. The fourth-order valence-electron chi connectivity index (χ4n) is 3.29. The van der Waals surface area contributed by atoms with E-state index in [9.17, 15) is 4.79 Å². The maximum atomic E-state index is 12.4. The topological polar surface area (TPSA) is 35.6 Å². The van der Waals surface area contributed by atoms with Crippen LogP contribution in [0.25, 0.3) is 0 Å². The summed E-state index contributed by atoms with van der Waals surface area (Å²) in [6.07, 6.45) is 0. The van der Waals surface area contributed by atoms with Gasteiger partial charge in [-0.3, -0.25) is 4.79 Å². The predicted molar refractivity (Wildman–Crippen MR) is 105 cm³/mol. The van der Waals surface area contributed by atoms with Crippen molar-refractivity contribution in [2.24, 2.45) is 0 Å². The van der Waals surface area contributed by atoms with Gasteiger partial charge in [-0.15, -0.1) is 0 Å².